The second kappa shape index (κ2) is 6.05. The number of aromatic nitrogens is 3. The van der Waals surface area contributed by atoms with Crippen LogP contribution in [-0.2, 0) is 4.74 Å². The summed E-state index contributed by atoms with van der Waals surface area (Å²) in [7, 11) is 1.69. The maximum absolute atomic E-state index is 12.8. The van der Waals surface area contributed by atoms with E-state index in [1.165, 1.54) is 4.80 Å². The van der Waals surface area contributed by atoms with Crippen molar-refractivity contribution < 1.29 is 9.53 Å². The van der Waals surface area contributed by atoms with Gasteiger partial charge in [-0.25, -0.2) is 0 Å². The first kappa shape index (κ1) is 13.8. The van der Waals surface area contributed by atoms with Gasteiger partial charge in [0, 0.05) is 20.2 Å². The molecular weight excluding hydrogens is 268 g/mol. The molecule has 1 amide bonds. The molecule has 2 aromatic rings. The van der Waals surface area contributed by atoms with Crippen LogP contribution in [-0.4, -0.2) is 52.1 Å². The normalized spacial score (nSPS) is 18.7. The predicted octanol–water partition coefficient (Wildman–Crippen LogP) is 1.52. The number of likely N-dealkylation sites (tertiary alicyclic amines) is 1. The average molecular weight is 286 g/mol. The number of carbonyl (C=O) groups is 1. The first-order chi connectivity index (χ1) is 10.3. The molecule has 110 valence electrons. The zero-order chi connectivity index (χ0) is 14.7. The minimum Gasteiger partial charge on any atom is -0.380 e. The van der Waals surface area contributed by atoms with Crippen LogP contribution in [0.5, 0.6) is 0 Å². The molecule has 1 aromatic carbocycles. The maximum atomic E-state index is 12.8. The predicted molar refractivity (Wildman–Crippen MR) is 77.3 cm³/mol. The third-order valence-electron chi connectivity index (χ3n) is 3.77. The third kappa shape index (κ3) is 2.80. The highest BCUT2D eigenvalue weighted by Crippen LogP contribution is 2.19. The lowest BCUT2D eigenvalue weighted by Crippen LogP contribution is -2.43. The molecule has 1 aliphatic heterocycles. The maximum Gasteiger partial charge on any atom is 0.256 e. The van der Waals surface area contributed by atoms with Gasteiger partial charge in [0.1, 0.15) is 0 Å². The molecule has 1 fully saturated rings. The van der Waals surface area contributed by atoms with E-state index in [1.807, 2.05) is 29.2 Å². The fourth-order valence-corrected chi connectivity index (χ4v) is 2.65. The van der Waals surface area contributed by atoms with E-state index in [-0.39, 0.29) is 12.0 Å². The molecule has 1 saturated heterocycles. The summed E-state index contributed by atoms with van der Waals surface area (Å²) in [6, 6.07) is 7.41. The van der Waals surface area contributed by atoms with Gasteiger partial charge in [0.05, 0.1) is 29.7 Å². The minimum atomic E-state index is 0.00431. The molecule has 21 heavy (non-hydrogen) atoms. The van der Waals surface area contributed by atoms with Crippen LogP contribution in [0.15, 0.2) is 36.7 Å². The van der Waals surface area contributed by atoms with E-state index in [0.29, 0.717) is 17.8 Å². The molecule has 6 nitrogen and oxygen atoms in total. The van der Waals surface area contributed by atoms with Crippen molar-refractivity contribution in [3.8, 4) is 5.69 Å². The number of piperidine rings is 1. The zero-order valence-electron chi connectivity index (χ0n) is 12.0. The van der Waals surface area contributed by atoms with E-state index in [1.54, 1.807) is 19.5 Å². The van der Waals surface area contributed by atoms with Gasteiger partial charge in [-0.15, -0.1) is 0 Å². The standard InChI is InChI=1S/C15H18N4O2/c1-21-12-5-4-10-18(11-12)15(20)13-6-2-3-7-14(13)19-16-8-9-17-19/h2-3,6-9,12H,4-5,10-11H2,1H3. The van der Waals surface area contributed by atoms with Gasteiger partial charge in [0.15, 0.2) is 0 Å². The summed E-state index contributed by atoms with van der Waals surface area (Å²) in [6.07, 6.45) is 5.29. The largest absolute Gasteiger partial charge is 0.380 e. The lowest BCUT2D eigenvalue weighted by Gasteiger charge is -2.32. The number of nitrogens with zero attached hydrogens (tertiary/aromatic N) is 4. The van der Waals surface area contributed by atoms with Crippen LogP contribution in [0.4, 0.5) is 0 Å². The Bertz CT molecular complexity index is 612. The van der Waals surface area contributed by atoms with E-state index in [2.05, 4.69) is 10.2 Å². The van der Waals surface area contributed by atoms with E-state index in [4.69, 9.17) is 4.74 Å². The Morgan fingerprint density at radius 2 is 2.05 bits per heavy atom. The summed E-state index contributed by atoms with van der Waals surface area (Å²) < 4.78 is 5.39. The third-order valence-corrected chi connectivity index (χ3v) is 3.77. The lowest BCUT2D eigenvalue weighted by molar-refractivity contribution is 0.0269. The van der Waals surface area contributed by atoms with Gasteiger partial charge in [0.25, 0.3) is 5.91 Å². The van der Waals surface area contributed by atoms with Crippen molar-refractivity contribution in [2.45, 2.75) is 18.9 Å². The minimum absolute atomic E-state index is 0.00431. The van der Waals surface area contributed by atoms with E-state index in [9.17, 15) is 4.79 Å². The Morgan fingerprint density at radius 3 is 2.81 bits per heavy atom. The van der Waals surface area contributed by atoms with Crippen molar-refractivity contribution in [3.05, 3.63) is 42.2 Å². The molecule has 1 aliphatic rings. The molecular formula is C15H18N4O2. The molecule has 2 heterocycles. The molecule has 1 atom stereocenters. The van der Waals surface area contributed by atoms with Crippen LogP contribution < -0.4 is 0 Å². The van der Waals surface area contributed by atoms with E-state index < -0.39 is 0 Å². The Morgan fingerprint density at radius 1 is 1.29 bits per heavy atom. The van der Waals surface area contributed by atoms with Crippen molar-refractivity contribution in [1.29, 1.82) is 0 Å². The molecule has 6 heteroatoms. The summed E-state index contributed by atoms with van der Waals surface area (Å²) in [5.41, 5.74) is 1.32. The quantitative estimate of drug-likeness (QED) is 0.858. The number of methoxy groups -OCH3 is 1. The van der Waals surface area contributed by atoms with Gasteiger partial charge in [-0.3, -0.25) is 4.79 Å². The fraction of sp³-hybridized carbons (Fsp3) is 0.400. The number of carbonyl (C=O) groups excluding carboxylic acids is 1. The van der Waals surface area contributed by atoms with Gasteiger partial charge in [0.2, 0.25) is 0 Å². The zero-order valence-corrected chi connectivity index (χ0v) is 12.0. The van der Waals surface area contributed by atoms with Crippen LogP contribution in [0.3, 0.4) is 0 Å². The van der Waals surface area contributed by atoms with Crippen LogP contribution >= 0.6 is 0 Å². The Balaban J connectivity index is 1.88. The van der Waals surface area contributed by atoms with Crippen molar-refractivity contribution in [2.24, 2.45) is 0 Å². The Hall–Kier alpha value is -2.21. The van der Waals surface area contributed by atoms with Crippen molar-refractivity contribution in [3.63, 3.8) is 0 Å². The molecule has 0 spiro atoms. The molecule has 0 saturated carbocycles. The first-order valence-electron chi connectivity index (χ1n) is 7.07. The van der Waals surface area contributed by atoms with Crippen molar-refractivity contribution in [2.75, 3.05) is 20.2 Å². The number of amides is 1. The smallest absolute Gasteiger partial charge is 0.256 e. The van der Waals surface area contributed by atoms with Gasteiger partial charge in [-0.1, -0.05) is 12.1 Å². The number of hydrogen-bond donors (Lipinski definition) is 0. The first-order valence-corrected chi connectivity index (χ1v) is 7.07. The fourth-order valence-electron chi connectivity index (χ4n) is 2.65. The second-order valence-electron chi connectivity index (χ2n) is 5.09. The van der Waals surface area contributed by atoms with Crippen LogP contribution in [0, 0.1) is 0 Å². The van der Waals surface area contributed by atoms with Crippen LogP contribution in [0.2, 0.25) is 0 Å². The molecule has 0 bridgehead atoms. The monoisotopic (exact) mass is 286 g/mol. The van der Waals surface area contributed by atoms with Gasteiger partial charge in [-0.2, -0.15) is 15.0 Å². The summed E-state index contributed by atoms with van der Waals surface area (Å²) in [5.74, 6) is 0.00431. The number of para-hydroxylation sites is 1. The number of hydrogen-bond acceptors (Lipinski definition) is 4. The van der Waals surface area contributed by atoms with Gasteiger partial charge in [-0.05, 0) is 25.0 Å². The van der Waals surface area contributed by atoms with Crippen molar-refractivity contribution in [1.82, 2.24) is 19.9 Å². The second-order valence-corrected chi connectivity index (χ2v) is 5.09. The van der Waals surface area contributed by atoms with E-state index >= 15 is 0 Å². The summed E-state index contributed by atoms with van der Waals surface area (Å²) >= 11 is 0. The Kier molecular flexibility index (Phi) is 3.96. The molecule has 1 unspecified atom stereocenters. The molecule has 0 aliphatic carbocycles. The van der Waals surface area contributed by atoms with Crippen LogP contribution in [0.25, 0.3) is 5.69 Å². The molecule has 1 aromatic heterocycles. The summed E-state index contributed by atoms with van der Waals surface area (Å²) in [4.78, 5) is 16.1. The molecule has 0 N–H and O–H groups in total. The van der Waals surface area contributed by atoms with Crippen LogP contribution in [0.1, 0.15) is 23.2 Å². The van der Waals surface area contributed by atoms with E-state index in [0.717, 1.165) is 19.4 Å². The number of ether oxygens (including phenoxy) is 1. The SMILES string of the molecule is COC1CCCN(C(=O)c2ccccc2-n2nccn2)C1. The number of rotatable bonds is 3. The van der Waals surface area contributed by atoms with Gasteiger partial charge >= 0.3 is 0 Å². The summed E-state index contributed by atoms with van der Waals surface area (Å²) in [5, 5.41) is 8.23. The number of benzene rings is 1. The highest BCUT2D eigenvalue weighted by atomic mass is 16.5. The topological polar surface area (TPSA) is 60.2 Å². The highest BCUT2D eigenvalue weighted by molar-refractivity contribution is 5.97. The lowest BCUT2D eigenvalue weighted by atomic mass is 10.1. The molecule has 0 radical (unpaired) electrons. The average Bonchev–Trinajstić information content (AvgIpc) is 3.08. The Labute approximate surface area is 123 Å². The van der Waals surface area contributed by atoms with Gasteiger partial charge < -0.3 is 9.64 Å². The van der Waals surface area contributed by atoms with Crippen molar-refractivity contribution >= 4 is 5.91 Å². The molecule has 3 rings (SSSR count). The highest BCUT2D eigenvalue weighted by Gasteiger charge is 2.26. The summed E-state index contributed by atoms with van der Waals surface area (Å²) in [6.45, 7) is 1.40.